The molecule has 4 N–H and O–H groups in total. The fraction of sp³-hybridized carbons (Fsp3) is 0.440. The quantitative estimate of drug-likeness (QED) is 0.611. The second-order valence-electron chi connectivity index (χ2n) is 9.25. The van der Waals surface area contributed by atoms with Gasteiger partial charge < -0.3 is 20.7 Å². The third-order valence-corrected chi connectivity index (χ3v) is 6.44. The molecule has 0 saturated heterocycles. The van der Waals surface area contributed by atoms with Crippen molar-refractivity contribution in [1.82, 2.24) is 14.5 Å². The summed E-state index contributed by atoms with van der Waals surface area (Å²) in [6.45, 7) is 7.05. The normalized spacial score (nSPS) is 15.9. The van der Waals surface area contributed by atoms with Gasteiger partial charge >= 0.3 is 6.03 Å². The molecule has 1 saturated carbocycles. The van der Waals surface area contributed by atoms with Crippen LogP contribution in [0.5, 0.6) is 0 Å². The molecule has 0 radical (unpaired) electrons. The highest BCUT2D eigenvalue weighted by Crippen LogP contribution is 2.37. The number of imidazole rings is 1. The van der Waals surface area contributed by atoms with Crippen molar-refractivity contribution >= 4 is 22.8 Å². The van der Waals surface area contributed by atoms with Crippen LogP contribution in [-0.4, -0.2) is 32.0 Å². The highest BCUT2D eigenvalue weighted by atomic mass is 16.2. The summed E-state index contributed by atoms with van der Waals surface area (Å²) < 4.78 is 2.29. The third kappa shape index (κ3) is 4.10. The van der Waals surface area contributed by atoms with Gasteiger partial charge in [-0.3, -0.25) is 4.90 Å². The van der Waals surface area contributed by atoms with Crippen LogP contribution in [0.1, 0.15) is 50.1 Å². The van der Waals surface area contributed by atoms with Gasteiger partial charge in [0.1, 0.15) is 5.82 Å². The summed E-state index contributed by atoms with van der Waals surface area (Å²) >= 11 is 0. The first-order chi connectivity index (χ1) is 15.0. The van der Waals surface area contributed by atoms with Crippen molar-refractivity contribution in [3.8, 4) is 0 Å². The van der Waals surface area contributed by atoms with Gasteiger partial charge in [-0.1, -0.05) is 38.1 Å². The van der Waals surface area contributed by atoms with Crippen molar-refractivity contribution in [2.75, 3.05) is 4.90 Å². The van der Waals surface area contributed by atoms with Crippen LogP contribution >= 0.6 is 0 Å². The molecule has 7 heteroatoms. The van der Waals surface area contributed by atoms with Gasteiger partial charge in [0.15, 0.2) is 0 Å². The Labute approximate surface area is 189 Å². The molecule has 1 aliphatic carbocycles. The van der Waals surface area contributed by atoms with Crippen molar-refractivity contribution < 1.29 is 10.3 Å². The SMILES string of the molecule is CC(C)CCn1c(CN2C(=O)N(C3CC3)Cc3ccccc32)nc2cc(CN)ccc21.O. The van der Waals surface area contributed by atoms with Gasteiger partial charge in [-0.2, -0.15) is 0 Å². The molecule has 170 valence electrons. The highest BCUT2D eigenvalue weighted by Gasteiger charge is 2.39. The van der Waals surface area contributed by atoms with Crippen LogP contribution in [0.2, 0.25) is 0 Å². The number of aromatic nitrogens is 2. The lowest BCUT2D eigenvalue weighted by atomic mass is 10.1. The predicted molar refractivity (Wildman–Crippen MR) is 127 cm³/mol. The van der Waals surface area contributed by atoms with E-state index < -0.39 is 0 Å². The van der Waals surface area contributed by atoms with Gasteiger partial charge in [0.05, 0.1) is 23.3 Å². The number of anilines is 1. The maximum Gasteiger partial charge on any atom is 0.325 e. The first-order valence-electron chi connectivity index (χ1n) is 11.4. The zero-order chi connectivity index (χ0) is 21.5. The van der Waals surface area contributed by atoms with Crippen molar-refractivity contribution in [3.63, 3.8) is 0 Å². The number of carbonyl (C=O) groups is 1. The summed E-state index contributed by atoms with van der Waals surface area (Å²) in [6.07, 6.45) is 3.28. The molecule has 2 aliphatic rings. The topological polar surface area (TPSA) is 98.9 Å². The number of benzene rings is 2. The Balaban J connectivity index is 0.00000245. The Morgan fingerprint density at radius 1 is 1.16 bits per heavy atom. The zero-order valence-electron chi connectivity index (χ0n) is 18.9. The molecule has 32 heavy (non-hydrogen) atoms. The van der Waals surface area contributed by atoms with Gasteiger partial charge in [0.2, 0.25) is 0 Å². The maximum atomic E-state index is 13.5. The lowest BCUT2D eigenvalue weighted by molar-refractivity contribution is 0.194. The first-order valence-corrected chi connectivity index (χ1v) is 11.4. The first kappa shape index (κ1) is 22.3. The number of rotatable bonds is 7. The summed E-state index contributed by atoms with van der Waals surface area (Å²) in [5.41, 5.74) is 11.2. The molecule has 0 bridgehead atoms. The molecule has 1 aromatic heterocycles. The van der Waals surface area contributed by atoms with E-state index in [1.807, 2.05) is 15.9 Å². The Morgan fingerprint density at radius 2 is 1.94 bits per heavy atom. The molecule has 0 atom stereocenters. The number of carbonyl (C=O) groups excluding carboxylic acids is 1. The molecule has 0 unspecified atom stereocenters. The monoisotopic (exact) mass is 435 g/mol. The Bertz CT molecular complexity index is 1120. The van der Waals surface area contributed by atoms with Crippen molar-refractivity contribution in [3.05, 3.63) is 59.4 Å². The molecule has 2 heterocycles. The van der Waals surface area contributed by atoms with E-state index in [0.717, 1.165) is 53.9 Å². The van der Waals surface area contributed by atoms with Crippen LogP contribution in [0.25, 0.3) is 11.0 Å². The fourth-order valence-corrected chi connectivity index (χ4v) is 4.49. The molecule has 2 aromatic carbocycles. The van der Waals surface area contributed by atoms with E-state index in [1.165, 1.54) is 5.56 Å². The smallest absolute Gasteiger partial charge is 0.325 e. The van der Waals surface area contributed by atoms with Gasteiger partial charge in [0, 0.05) is 25.7 Å². The summed E-state index contributed by atoms with van der Waals surface area (Å²) in [5, 5.41) is 0. The van der Waals surface area contributed by atoms with E-state index >= 15 is 0 Å². The largest absolute Gasteiger partial charge is 0.412 e. The van der Waals surface area contributed by atoms with Crippen LogP contribution in [0.15, 0.2) is 42.5 Å². The fourth-order valence-electron chi connectivity index (χ4n) is 4.49. The average Bonchev–Trinajstić information content (AvgIpc) is 3.55. The second-order valence-corrected chi connectivity index (χ2v) is 9.25. The van der Waals surface area contributed by atoms with Crippen LogP contribution in [0, 0.1) is 5.92 Å². The molecule has 2 amide bonds. The summed E-state index contributed by atoms with van der Waals surface area (Å²) in [4.78, 5) is 22.4. The molecule has 3 aromatic rings. The number of amides is 2. The summed E-state index contributed by atoms with van der Waals surface area (Å²) in [7, 11) is 0. The summed E-state index contributed by atoms with van der Waals surface area (Å²) in [5.74, 6) is 1.53. The Kier molecular flexibility index (Phi) is 6.22. The lowest BCUT2D eigenvalue weighted by Crippen LogP contribution is -2.48. The highest BCUT2D eigenvalue weighted by molar-refractivity contribution is 5.95. The maximum absolute atomic E-state index is 13.5. The van der Waals surface area contributed by atoms with Gasteiger partial charge in [0.25, 0.3) is 0 Å². The molecule has 7 nitrogen and oxygen atoms in total. The van der Waals surface area contributed by atoms with Crippen molar-refractivity contribution in [2.24, 2.45) is 11.7 Å². The van der Waals surface area contributed by atoms with E-state index in [1.54, 1.807) is 0 Å². The third-order valence-electron chi connectivity index (χ3n) is 6.44. The van der Waals surface area contributed by atoms with Crippen molar-refractivity contribution in [1.29, 1.82) is 0 Å². The van der Waals surface area contributed by atoms with E-state index in [0.29, 0.717) is 31.6 Å². The summed E-state index contributed by atoms with van der Waals surface area (Å²) in [6, 6.07) is 15.0. The number of fused-ring (bicyclic) bond motifs is 2. The second kappa shape index (κ2) is 8.92. The van der Waals surface area contributed by atoms with E-state index in [2.05, 4.69) is 54.8 Å². The van der Waals surface area contributed by atoms with Gasteiger partial charge in [-0.25, -0.2) is 9.78 Å². The van der Waals surface area contributed by atoms with Crippen LogP contribution < -0.4 is 10.6 Å². The van der Waals surface area contributed by atoms with Crippen LogP contribution in [-0.2, 0) is 26.2 Å². The molecule has 5 rings (SSSR count). The number of nitrogens with zero attached hydrogens (tertiary/aromatic N) is 4. The van der Waals surface area contributed by atoms with Gasteiger partial charge in [-0.15, -0.1) is 0 Å². The minimum atomic E-state index is 0. The van der Waals surface area contributed by atoms with Crippen LogP contribution in [0.3, 0.4) is 0 Å². The van der Waals surface area contributed by atoms with E-state index in [9.17, 15) is 4.79 Å². The molecular weight excluding hydrogens is 402 g/mol. The van der Waals surface area contributed by atoms with E-state index in [4.69, 9.17) is 10.7 Å². The number of hydrogen-bond donors (Lipinski definition) is 1. The number of nitrogens with two attached hydrogens (primary N) is 1. The van der Waals surface area contributed by atoms with Crippen molar-refractivity contribution in [2.45, 2.75) is 65.3 Å². The number of aryl methyl sites for hydroxylation is 1. The van der Waals surface area contributed by atoms with E-state index in [-0.39, 0.29) is 11.5 Å². The Morgan fingerprint density at radius 3 is 2.66 bits per heavy atom. The number of urea groups is 1. The number of hydrogen-bond acceptors (Lipinski definition) is 3. The zero-order valence-corrected chi connectivity index (χ0v) is 18.9. The Hall–Kier alpha value is -2.90. The molecule has 1 fully saturated rings. The average molecular weight is 436 g/mol. The lowest BCUT2D eigenvalue weighted by Gasteiger charge is -2.37. The van der Waals surface area contributed by atoms with Gasteiger partial charge in [-0.05, 0) is 54.5 Å². The van der Waals surface area contributed by atoms with Crippen LogP contribution in [0.4, 0.5) is 10.5 Å². The standard InChI is InChI=1S/C25H31N5O.H2O/c1-17(2)11-12-28-23-10-7-18(14-26)13-21(23)27-24(28)16-30-22-6-4-3-5-19(22)15-29(25(30)31)20-8-9-20;/h3-7,10,13,17,20H,8-9,11-12,14-16,26H2,1-2H3;1H2. The molecular formula is C25H33N5O2. The predicted octanol–water partition coefficient (Wildman–Crippen LogP) is 3.82. The molecule has 1 aliphatic heterocycles. The minimum absolute atomic E-state index is 0. The molecule has 0 spiro atoms. The number of para-hydroxylation sites is 1. The minimum Gasteiger partial charge on any atom is -0.412 e.